The van der Waals surface area contributed by atoms with Crippen LogP contribution in [-0.4, -0.2) is 11.3 Å². The van der Waals surface area contributed by atoms with Gasteiger partial charge in [-0.05, 0) is 42.6 Å². The minimum atomic E-state index is -0.505. The maximum atomic E-state index is 11.0. The number of benzene rings is 1. The molecule has 0 unspecified atom stereocenters. The first-order valence-corrected chi connectivity index (χ1v) is 6.60. The van der Waals surface area contributed by atoms with Gasteiger partial charge >= 0.3 is 0 Å². The lowest BCUT2D eigenvalue weighted by molar-refractivity contribution is 0.108. The number of nitrogens with two attached hydrogens (primary N) is 2. The number of hydrogen-bond acceptors (Lipinski definition) is 4. The third-order valence-electron chi connectivity index (χ3n) is 3.50. The molecule has 98 valence electrons. The standard InChI is InChI=1S/C13H18ClN3O/c14-13(18)9-6-7-12(11(15)8-9)17(16)10-4-2-1-3-5-10/h6-8,10H,1-5,15-16H2. The highest BCUT2D eigenvalue weighted by Crippen LogP contribution is 2.29. The Morgan fingerprint density at radius 3 is 2.50 bits per heavy atom. The first-order chi connectivity index (χ1) is 8.59. The lowest BCUT2D eigenvalue weighted by Gasteiger charge is -2.32. The number of hydrazine groups is 1. The Morgan fingerprint density at radius 2 is 1.94 bits per heavy atom. The molecule has 0 aliphatic heterocycles. The summed E-state index contributed by atoms with van der Waals surface area (Å²) in [6.07, 6.45) is 5.87. The maximum absolute atomic E-state index is 11.0. The topological polar surface area (TPSA) is 72.4 Å². The summed E-state index contributed by atoms with van der Waals surface area (Å²) in [5.74, 6) is 6.13. The van der Waals surface area contributed by atoms with Crippen molar-refractivity contribution >= 4 is 28.2 Å². The van der Waals surface area contributed by atoms with E-state index >= 15 is 0 Å². The van der Waals surface area contributed by atoms with Crippen LogP contribution in [0.4, 0.5) is 11.4 Å². The average Bonchev–Trinajstić information content (AvgIpc) is 2.38. The van der Waals surface area contributed by atoms with Crippen LogP contribution in [0.3, 0.4) is 0 Å². The second-order valence-electron chi connectivity index (χ2n) is 4.75. The number of anilines is 2. The van der Waals surface area contributed by atoms with Crippen LogP contribution in [-0.2, 0) is 0 Å². The van der Waals surface area contributed by atoms with Gasteiger partial charge in [0, 0.05) is 11.6 Å². The molecule has 18 heavy (non-hydrogen) atoms. The van der Waals surface area contributed by atoms with Gasteiger partial charge in [-0.15, -0.1) is 0 Å². The minimum absolute atomic E-state index is 0.332. The van der Waals surface area contributed by atoms with Crippen LogP contribution in [0.25, 0.3) is 0 Å². The lowest BCUT2D eigenvalue weighted by Crippen LogP contribution is -2.42. The molecule has 1 aliphatic rings. The molecule has 0 amide bonds. The van der Waals surface area contributed by atoms with Gasteiger partial charge in [-0.3, -0.25) is 4.79 Å². The second-order valence-corrected chi connectivity index (χ2v) is 5.09. The number of nitrogens with zero attached hydrogens (tertiary/aromatic N) is 1. The largest absolute Gasteiger partial charge is 0.397 e. The summed E-state index contributed by atoms with van der Waals surface area (Å²) in [5, 5.41) is 1.23. The van der Waals surface area contributed by atoms with Gasteiger partial charge in [0.1, 0.15) is 0 Å². The highest BCUT2D eigenvalue weighted by atomic mass is 35.5. The van der Waals surface area contributed by atoms with E-state index in [9.17, 15) is 4.79 Å². The van der Waals surface area contributed by atoms with Crippen molar-refractivity contribution < 1.29 is 4.79 Å². The summed E-state index contributed by atoms with van der Waals surface area (Å²) in [5.41, 5.74) is 7.59. The molecule has 0 aromatic heterocycles. The highest BCUT2D eigenvalue weighted by molar-refractivity contribution is 6.67. The third kappa shape index (κ3) is 2.76. The lowest BCUT2D eigenvalue weighted by atomic mass is 9.94. The Balaban J connectivity index is 2.19. The first-order valence-electron chi connectivity index (χ1n) is 6.23. The molecule has 0 saturated heterocycles. The van der Waals surface area contributed by atoms with Crippen LogP contribution in [0.1, 0.15) is 42.5 Å². The number of rotatable bonds is 3. The van der Waals surface area contributed by atoms with Crippen LogP contribution in [0.5, 0.6) is 0 Å². The summed E-state index contributed by atoms with van der Waals surface area (Å²) in [4.78, 5) is 11.0. The van der Waals surface area contributed by atoms with Crippen LogP contribution in [0.2, 0.25) is 0 Å². The van der Waals surface area contributed by atoms with Crippen molar-refractivity contribution in [3.05, 3.63) is 23.8 Å². The Bertz CT molecular complexity index is 444. The summed E-state index contributed by atoms with van der Waals surface area (Å²) in [7, 11) is 0. The normalized spacial score (nSPS) is 16.6. The molecule has 1 aromatic rings. The Hall–Kier alpha value is -1.26. The van der Waals surface area contributed by atoms with E-state index in [1.165, 1.54) is 19.3 Å². The van der Waals surface area contributed by atoms with Gasteiger partial charge in [0.05, 0.1) is 11.4 Å². The molecule has 4 N–H and O–H groups in total. The fourth-order valence-corrected chi connectivity index (χ4v) is 2.59. The Morgan fingerprint density at radius 1 is 1.28 bits per heavy atom. The molecule has 4 nitrogen and oxygen atoms in total. The van der Waals surface area contributed by atoms with Crippen molar-refractivity contribution in [2.75, 3.05) is 10.7 Å². The van der Waals surface area contributed by atoms with Crippen LogP contribution >= 0.6 is 11.6 Å². The summed E-state index contributed by atoms with van der Waals surface area (Å²) < 4.78 is 0. The number of nitrogen functional groups attached to an aromatic ring is 1. The van der Waals surface area contributed by atoms with E-state index in [1.54, 1.807) is 23.2 Å². The van der Waals surface area contributed by atoms with E-state index in [4.69, 9.17) is 23.2 Å². The second kappa shape index (κ2) is 5.59. The molecular weight excluding hydrogens is 250 g/mol. The highest BCUT2D eigenvalue weighted by Gasteiger charge is 2.20. The molecular formula is C13H18ClN3O. The predicted octanol–water partition coefficient (Wildman–Crippen LogP) is 2.66. The molecule has 1 aliphatic carbocycles. The Labute approximate surface area is 112 Å². The zero-order valence-electron chi connectivity index (χ0n) is 10.2. The summed E-state index contributed by atoms with van der Waals surface area (Å²) >= 11 is 5.42. The van der Waals surface area contributed by atoms with Gasteiger partial charge in [-0.25, -0.2) is 5.84 Å². The van der Waals surface area contributed by atoms with E-state index in [0.29, 0.717) is 17.3 Å². The van der Waals surface area contributed by atoms with E-state index in [1.807, 2.05) is 0 Å². The summed E-state index contributed by atoms with van der Waals surface area (Å²) in [6.45, 7) is 0. The van der Waals surface area contributed by atoms with Gasteiger partial charge in [-0.1, -0.05) is 19.3 Å². The van der Waals surface area contributed by atoms with Gasteiger partial charge in [0.15, 0.2) is 0 Å². The van der Waals surface area contributed by atoms with Crippen molar-refractivity contribution in [3.63, 3.8) is 0 Å². The molecule has 0 radical (unpaired) electrons. The van der Waals surface area contributed by atoms with E-state index < -0.39 is 5.24 Å². The van der Waals surface area contributed by atoms with Gasteiger partial charge in [0.25, 0.3) is 5.24 Å². The molecule has 2 rings (SSSR count). The smallest absolute Gasteiger partial charge is 0.252 e. The summed E-state index contributed by atoms with van der Waals surface area (Å²) in [6, 6.07) is 5.33. The number of carbonyl (C=O) groups is 1. The van der Waals surface area contributed by atoms with E-state index in [0.717, 1.165) is 18.5 Å². The molecule has 1 saturated carbocycles. The number of halogens is 1. The van der Waals surface area contributed by atoms with E-state index in [-0.39, 0.29) is 0 Å². The molecule has 0 bridgehead atoms. The van der Waals surface area contributed by atoms with Crippen molar-refractivity contribution in [2.24, 2.45) is 5.84 Å². The van der Waals surface area contributed by atoms with Gasteiger partial charge in [0.2, 0.25) is 0 Å². The fraction of sp³-hybridized carbons (Fsp3) is 0.462. The average molecular weight is 268 g/mol. The Kier molecular flexibility index (Phi) is 4.09. The fourth-order valence-electron chi connectivity index (χ4n) is 2.47. The van der Waals surface area contributed by atoms with Crippen LogP contribution in [0.15, 0.2) is 18.2 Å². The van der Waals surface area contributed by atoms with Crippen molar-refractivity contribution in [3.8, 4) is 0 Å². The quantitative estimate of drug-likeness (QED) is 0.382. The first kappa shape index (κ1) is 13.2. The molecule has 0 atom stereocenters. The zero-order chi connectivity index (χ0) is 13.1. The molecule has 0 spiro atoms. The number of hydrogen-bond donors (Lipinski definition) is 2. The van der Waals surface area contributed by atoms with Crippen LogP contribution in [0, 0.1) is 0 Å². The van der Waals surface area contributed by atoms with Gasteiger partial charge < -0.3 is 10.7 Å². The number of carbonyl (C=O) groups excluding carboxylic acids is 1. The molecule has 1 aromatic carbocycles. The molecule has 0 heterocycles. The van der Waals surface area contributed by atoms with E-state index in [2.05, 4.69) is 0 Å². The van der Waals surface area contributed by atoms with Crippen LogP contribution < -0.4 is 16.6 Å². The predicted molar refractivity (Wildman–Crippen MR) is 74.6 cm³/mol. The van der Waals surface area contributed by atoms with Gasteiger partial charge in [-0.2, -0.15) is 0 Å². The maximum Gasteiger partial charge on any atom is 0.252 e. The SMILES string of the molecule is Nc1cc(C(=O)Cl)ccc1N(N)C1CCCCC1. The minimum Gasteiger partial charge on any atom is -0.397 e. The molecule has 1 fully saturated rings. The monoisotopic (exact) mass is 267 g/mol. The third-order valence-corrected chi connectivity index (χ3v) is 3.72. The molecule has 5 heteroatoms. The van der Waals surface area contributed by atoms with Crippen molar-refractivity contribution in [1.82, 2.24) is 0 Å². The van der Waals surface area contributed by atoms with Crippen molar-refractivity contribution in [2.45, 2.75) is 38.1 Å². The van der Waals surface area contributed by atoms with Crippen molar-refractivity contribution in [1.29, 1.82) is 0 Å². The zero-order valence-corrected chi connectivity index (χ0v) is 11.0.